The van der Waals surface area contributed by atoms with Gasteiger partial charge in [-0.25, -0.2) is 4.79 Å². The quantitative estimate of drug-likeness (QED) is 0.646. The van der Waals surface area contributed by atoms with Gasteiger partial charge in [-0.3, -0.25) is 4.79 Å². The molecule has 0 spiro atoms. The number of hydrogen-bond donors (Lipinski definition) is 1. The first-order valence-electron chi connectivity index (χ1n) is 6.43. The number of hydrogen-bond acceptors (Lipinski definition) is 5. The molecule has 0 saturated heterocycles. The maximum absolute atomic E-state index is 12.4. The molecule has 1 rings (SSSR count). The minimum Gasteiger partial charge on any atom is -0.457 e. The number of rotatable bonds is 6. The fraction of sp³-hybridized carbons (Fsp3) is 0.429. The van der Waals surface area contributed by atoms with Crippen molar-refractivity contribution in [2.75, 3.05) is 25.4 Å². The summed E-state index contributed by atoms with van der Waals surface area (Å²) in [5.74, 6) is -0.623. The van der Waals surface area contributed by atoms with Crippen LogP contribution >= 0.6 is 11.3 Å². The van der Waals surface area contributed by atoms with E-state index < -0.39 is 5.97 Å². The molecule has 0 aliphatic rings. The molecule has 0 saturated carbocycles. The number of carbonyl (C=O) groups excluding carboxylic acids is 2. The second kappa shape index (κ2) is 7.09. The third kappa shape index (κ3) is 3.19. The van der Waals surface area contributed by atoms with Crippen molar-refractivity contribution in [2.24, 2.45) is 0 Å². The molecule has 5 nitrogen and oxygen atoms in total. The lowest BCUT2D eigenvalue weighted by Gasteiger charge is -2.18. The van der Waals surface area contributed by atoms with E-state index in [0.717, 1.165) is 11.3 Å². The van der Waals surface area contributed by atoms with Crippen molar-refractivity contribution < 1.29 is 14.3 Å². The molecule has 0 aliphatic heterocycles. The molecule has 110 valence electrons. The largest absolute Gasteiger partial charge is 0.457 e. The second-order valence-electron chi connectivity index (χ2n) is 4.16. The smallest absolute Gasteiger partial charge is 0.348 e. The zero-order chi connectivity index (χ0) is 15.3. The number of anilines is 1. The lowest BCUT2D eigenvalue weighted by Crippen LogP contribution is -2.31. The van der Waals surface area contributed by atoms with Gasteiger partial charge < -0.3 is 15.4 Å². The third-order valence-corrected chi connectivity index (χ3v) is 4.06. The van der Waals surface area contributed by atoms with Gasteiger partial charge in [-0.15, -0.1) is 11.3 Å². The van der Waals surface area contributed by atoms with Crippen molar-refractivity contribution in [3.05, 3.63) is 28.7 Å². The van der Waals surface area contributed by atoms with E-state index in [1.54, 1.807) is 11.8 Å². The van der Waals surface area contributed by atoms with E-state index in [4.69, 9.17) is 10.5 Å². The molecule has 6 heteroatoms. The molecule has 0 radical (unpaired) electrons. The zero-order valence-electron chi connectivity index (χ0n) is 12.1. The Morgan fingerprint density at radius 1 is 1.40 bits per heavy atom. The first-order valence-corrected chi connectivity index (χ1v) is 7.25. The van der Waals surface area contributed by atoms with Gasteiger partial charge in [0.2, 0.25) is 0 Å². The van der Waals surface area contributed by atoms with E-state index in [2.05, 4.69) is 6.58 Å². The number of nitrogens with two attached hydrogens (primary N) is 1. The number of nitrogen functional groups attached to an aromatic ring is 1. The SMILES string of the molecule is C=CCOC(=O)c1sc(N)c(C(=O)N(CC)CC)c1C. The third-order valence-electron chi connectivity index (χ3n) is 2.96. The molecule has 0 fully saturated rings. The molecule has 0 aromatic carbocycles. The van der Waals surface area contributed by atoms with Gasteiger partial charge in [-0.2, -0.15) is 0 Å². The predicted molar refractivity (Wildman–Crippen MR) is 81.2 cm³/mol. The number of ether oxygens (including phenoxy) is 1. The maximum Gasteiger partial charge on any atom is 0.348 e. The number of carbonyl (C=O) groups is 2. The summed E-state index contributed by atoms with van der Waals surface area (Å²) in [6.07, 6.45) is 1.49. The fourth-order valence-electron chi connectivity index (χ4n) is 1.87. The Kier molecular flexibility index (Phi) is 5.76. The van der Waals surface area contributed by atoms with Crippen LogP contribution in [0.15, 0.2) is 12.7 Å². The van der Waals surface area contributed by atoms with Gasteiger partial charge in [-0.1, -0.05) is 12.7 Å². The Morgan fingerprint density at radius 3 is 2.50 bits per heavy atom. The molecule has 0 bridgehead atoms. The van der Waals surface area contributed by atoms with Crippen molar-refractivity contribution in [1.82, 2.24) is 4.90 Å². The molecular formula is C14H20N2O3S. The maximum atomic E-state index is 12.4. The number of amides is 1. The average Bonchev–Trinajstić information content (AvgIpc) is 2.72. The van der Waals surface area contributed by atoms with Gasteiger partial charge in [0.15, 0.2) is 0 Å². The number of thiophene rings is 1. The van der Waals surface area contributed by atoms with E-state index in [1.165, 1.54) is 6.08 Å². The second-order valence-corrected chi connectivity index (χ2v) is 5.21. The highest BCUT2D eigenvalue weighted by Crippen LogP contribution is 2.32. The summed E-state index contributed by atoms with van der Waals surface area (Å²) < 4.78 is 4.99. The predicted octanol–water partition coefficient (Wildman–Crippen LogP) is 2.46. The summed E-state index contributed by atoms with van der Waals surface area (Å²) >= 11 is 1.09. The zero-order valence-corrected chi connectivity index (χ0v) is 12.9. The Hall–Kier alpha value is -1.82. The standard InChI is InChI=1S/C14H20N2O3S/c1-5-8-19-14(18)11-9(4)10(12(15)20-11)13(17)16(6-2)7-3/h5H,1,6-8,15H2,2-4H3. The van der Waals surface area contributed by atoms with Crippen LogP contribution in [0.2, 0.25) is 0 Å². The van der Waals surface area contributed by atoms with Crippen LogP contribution in [-0.4, -0.2) is 36.5 Å². The van der Waals surface area contributed by atoms with Crippen LogP contribution in [0.4, 0.5) is 5.00 Å². The Labute approximate surface area is 123 Å². The van der Waals surface area contributed by atoms with E-state index in [1.807, 2.05) is 13.8 Å². The highest BCUT2D eigenvalue weighted by molar-refractivity contribution is 7.18. The lowest BCUT2D eigenvalue weighted by atomic mass is 10.1. The molecule has 1 aromatic heterocycles. The number of nitrogens with zero attached hydrogens (tertiary/aromatic N) is 1. The summed E-state index contributed by atoms with van der Waals surface area (Å²) in [7, 11) is 0. The van der Waals surface area contributed by atoms with Crippen molar-refractivity contribution in [1.29, 1.82) is 0 Å². The minimum absolute atomic E-state index is 0.134. The summed E-state index contributed by atoms with van der Waals surface area (Å²) in [6.45, 7) is 10.3. The molecule has 0 aliphatic carbocycles. The van der Waals surface area contributed by atoms with Gasteiger partial charge in [0.05, 0.1) is 10.6 Å². The van der Waals surface area contributed by atoms with Gasteiger partial charge in [-0.05, 0) is 26.3 Å². The van der Waals surface area contributed by atoms with Crippen LogP contribution in [0, 0.1) is 6.92 Å². The van der Waals surface area contributed by atoms with Gasteiger partial charge in [0, 0.05) is 13.1 Å². The highest BCUT2D eigenvalue weighted by atomic mass is 32.1. The first kappa shape index (κ1) is 16.2. The van der Waals surface area contributed by atoms with Gasteiger partial charge in [0.1, 0.15) is 11.5 Å². The molecule has 2 N–H and O–H groups in total. The molecule has 1 heterocycles. The molecule has 0 atom stereocenters. The van der Waals surface area contributed by atoms with E-state index in [-0.39, 0.29) is 12.5 Å². The van der Waals surface area contributed by atoms with Crippen molar-refractivity contribution in [3.63, 3.8) is 0 Å². The summed E-state index contributed by atoms with van der Waals surface area (Å²) in [5.41, 5.74) is 6.89. The van der Waals surface area contributed by atoms with Crippen molar-refractivity contribution >= 4 is 28.2 Å². The van der Waals surface area contributed by atoms with Crippen LogP contribution in [0.5, 0.6) is 0 Å². The Bertz CT molecular complexity index is 519. The summed E-state index contributed by atoms with van der Waals surface area (Å²) in [6, 6.07) is 0. The highest BCUT2D eigenvalue weighted by Gasteiger charge is 2.26. The Morgan fingerprint density at radius 2 is 2.00 bits per heavy atom. The van der Waals surface area contributed by atoms with Crippen LogP contribution in [0.3, 0.4) is 0 Å². The molecule has 0 unspecified atom stereocenters. The molecular weight excluding hydrogens is 276 g/mol. The fourth-order valence-corrected chi connectivity index (χ4v) is 2.83. The monoisotopic (exact) mass is 296 g/mol. The normalized spacial score (nSPS) is 10.2. The molecule has 1 amide bonds. The lowest BCUT2D eigenvalue weighted by molar-refractivity contribution is 0.0554. The topological polar surface area (TPSA) is 72.6 Å². The number of esters is 1. The molecule has 20 heavy (non-hydrogen) atoms. The van der Waals surface area contributed by atoms with E-state index in [0.29, 0.717) is 34.1 Å². The van der Waals surface area contributed by atoms with E-state index in [9.17, 15) is 9.59 Å². The van der Waals surface area contributed by atoms with Gasteiger partial charge in [0.25, 0.3) is 5.91 Å². The molecule has 1 aromatic rings. The van der Waals surface area contributed by atoms with Crippen molar-refractivity contribution in [3.8, 4) is 0 Å². The average molecular weight is 296 g/mol. The van der Waals surface area contributed by atoms with E-state index >= 15 is 0 Å². The Balaban J connectivity index is 3.11. The van der Waals surface area contributed by atoms with Crippen LogP contribution in [0.1, 0.15) is 39.4 Å². The first-order chi connectivity index (χ1) is 9.47. The summed E-state index contributed by atoms with van der Waals surface area (Å²) in [4.78, 5) is 26.3. The van der Waals surface area contributed by atoms with Crippen LogP contribution in [-0.2, 0) is 4.74 Å². The van der Waals surface area contributed by atoms with Crippen LogP contribution < -0.4 is 5.73 Å². The summed E-state index contributed by atoms with van der Waals surface area (Å²) in [5, 5.41) is 0.352. The van der Waals surface area contributed by atoms with Gasteiger partial charge >= 0.3 is 5.97 Å². The minimum atomic E-state index is -0.474. The van der Waals surface area contributed by atoms with Crippen LogP contribution in [0.25, 0.3) is 0 Å². The van der Waals surface area contributed by atoms with Crippen molar-refractivity contribution in [2.45, 2.75) is 20.8 Å².